The number of alkyl carbamates (subject to hydrolysis) is 1. The number of carbonyl (C=O) groups excluding carboxylic acids is 1. The first kappa shape index (κ1) is 14.7. The molecule has 2 heterocycles. The lowest BCUT2D eigenvalue weighted by Gasteiger charge is -2.28. The van der Waals surface area contributed by atoms with Crippen molar-refractivity contribution < 1.29 is 14.3 Å². The molecule has 0 aromatic heterocycles. The van der Waals surface area contributed by atoms with Crippen molar-refractivity contribution in [3.05, 3.63) is 10.5 Å². The molecule has 2 aliphatic heterocycles. The predicted octanol–water partition coefficient (Wildman–Crippen LogP) is 2.94. The third-order valence-corrected chi connectivity index (χ3v) is 4.64. The maximum atomic E-state index is 11.7. The highest BCUT2D eigenvalue weighted by atomic mass is 32.2. The van der Waals surface area contributed by atoms with Crippen molar-refractivity contribution in [2.75, 3.05) is 18.9 Å². The number of rotatable bonds is 2. The van der Waals surface area contributed by atoms with Gasteiger partial charge in [-0.1, -0.05) is 6.92 Å². The van der Waals surface area contributed by atoms with E-state index in [0.29, 0.717) is 12.5 Å². The second kappa shape index (κ2) is 5.75. The fraction of sp³-hybridized carbons (Fsp3) is 0.786. The number of hydrogen-bond acceptors (Lipinski definition) is 4. The molecular formula is C14H23NO3S. The van der Waals surface area contributed by atoms with Crippen LogP contribution >= 0.6 is 11.8 Å². The Kier molecular flexibility index (Phi) is 4.46. The van der Waals surface area contributed by atoms with E-state index < -0.39 is 5.60 Å². The molecule has 4 nitrogen and oxygen atoms in total. The number of ether oxygens (including phenoxy) is 2. The van der Waals surface area contributed by atoms with Gasteiger partial charge in [0.2, 0.25) is 0 Å². The number of amides is 1. The van der Waals surface area contributed by atoms with E-state index in [9.17, 15) is 4.79 Å². The Labute approximate surface area is 119 Å². The fourth-order valence-electron chi connectivity index (χ4n) is 2.43. The van der Waals surface area contributed by atoms with E-state index in [1.54, 1.807) is 0 Å². The zero-order valence-electron chi connectivity index (χ0n) is 12.1. The van der Waals surface area contributed by atoms with Crippen molar-refractivity contribution in [3.8, 4) is 0 Å². The van der Waals surface area contributed by atoms with Crippen LogP contribution in [0.3, 0.4) is 0 Å². The van der Waals surface area contributed by atoms with Gasteiger partial charge in [0.05, 0.1) is 19.3 Å². The first-order chi connectivity index (χ1) is 8.87. The lowest BCUT2D eigenvalue weighted by atomic mass is 9.95. The van der Waals surface area contributed by atoms with Crippen LogP contribution in [0.2, 0.25) is 0 Å². The van der Waals surface area contributed by atoms with Crippen molar-refractivity contribution in [2.24, 2.45) is 5.92 Å². The Balaban J connectivity index is 1.89. The molecular weight excluding hydrogens is 262 g/mol. The van der Waals surface area contributed by atoms with Gasteiger partial charge in [0.15, 0.2) is 0 Å². The van der Waals surface area contributed by atoms with Gasteiger partial charge >= 0.3 is 6.09 Å². The molecule has 0 spiro atoms. The second-order valence-corrected chi connectivity index (χ2v) is 7.20. The third-order valence-electron chi connectivity index (χ3n) is 3.19. The summed E-state index contributed by atoms with van der Waals surface area (Å²) in [4.78, 5) is 13.1. The van der Waals surface area contributed by atoms with Crippen LogP contribution in [0.15, 0.2) is 10.5 Å². The van der Waals surface area contributed by atoms with Crippen LogP contribution in [0.4, 0.5) is 4.79 Å². The molecule has 0 bridgehead atoms. The summed E-state index contributed by atoms with van der Waals surface area (Å²) in [6.45, 7) is 9.06. The normalized spacial score (nSPS) is 27.2. The molecule has 0 radical (unpaired) electrons. The van der Waals surface area contributed by atoms with Gasteiger partial charge in [0.25, 0.3) is 0 Å². The second-order valence-electron chi connectivity index (χ2n) is 6.08. The van der Waals surface area contributed by atoms with Crippen molar-refractivity contribution in [1.82, 2.24) is 5.32 Å². The van der Waals surface area contributed by atoms with Crippen LogP contribution in [-0.2, 0) is 9.47 Å². The van der Waals surface area contributed by atoms with Gasteiger partial charge in [0, 0.05) is 12.2 Å². The van der Waals surface area contributed by atoms with E-state index in [1.165, 1.54) is 10.5 Å². The van der Waals surface area contributed by atoms with Crippen LogP contribution < -0.4 is 5.32 Å². The maximum absolute atomic E-state index is 11.7. The highest BCUT2D eigenvalue weighted by Gasteiger charge is 2.32. The average Bonchev–Trinajstić information content (AvgIpc) is 2.67. The smallest absolute Gasteiger partial charge is 0.407 e. The van der Waals surface area contributed by atoms with Gasteiger partial charge in [-0.2, -0.15) is 0 Å². The quantitative estimate of drug-likeness (QED) is 0.847. The van der Waals surface area contributed by atoms with Gasteiger partial charge in [-0.05, 0) is 37.2 Å². The maximum Gasteiger partial charge on any atom is 0.407 e. The topological polar surface area (TPSA) is 47.6 Å². The first-order valence-electron chi connectivity index (χ1n) is 6.81. The largest absolute Gasteiger partial charge is 0.444 e. The van der Waals surface area contributed by atoms with Gasteiger partial charge in [-0.3, -0.25) is 0 Å². The molecule has 0 saturated carbocycles. The Bertz CT molecular complexity index is 387. The molecule has 0 aromatic carbocycles. The van der Waals surface area contributed by atoms with E-state index in [0.717, 1.165) is 18.8 Å². The number of nitrogens with one attached hydrogen (secondary N) is 1. The Morgan fingerprint density at radius 1 is 1.53 bits per heavy atom. The van der Waals surface area contributed by atoms with Crippen LogP contribution in [-0.4, -0.2) is 36.7 Å². The van der Waals surface area contributed by atoms with Gasteiger partial charge < -0.3 is 14.8 Å². The van der Waals surface area contributed by atoms with Crippen molar-refractivity contribution >= 4 is 17.9 Å². The summed E-state index contributed by atoms with van der Waals surface area (Å²) in [5.41, 5.74) is 0.922. The molecule has 0 aromatic rings. The highest BCUT2D eigenvalue weighted by molar-refractivity contribution is 8.03. The van der Waals surface area contributed by atoms with Crippen LogP contribution in [0.25, 0.3) is 0 Å². The standard InChI is InChI=1S/C14H23NO3S/c1-9-8-19-11-5-6-17-10(12(9)11)7-15-13(16)18-14(2,3)4/h9-10H,5-8H2,1-4H3,(H,15,16). The zero-order chi connectivity index (χ0) is 14.0. The summed E-state index contributed by atoms with van der Waals surface area (Å²) in [6, 6.07) is 0. The third kappa shape index (κ3) is 3.89. The average molecular weight is 285 g/mol. The van der Waals surface area contributed by atoms with E-state index in [-0.39, 0.29) is 12.2 Å². The molecule has 0 fully saturated rings. The number of carbonyl (C=O) groups is 1. The number of thioether (sulfide) groups is 1. The van der Waals surface area contributed by atoms with Crippen molar-refractivity contribution in [1.29, 1.82) is 0 Å². The predicted molar refractivity (Wildman–Crippen MR) is 77.2 cm³/mol. The molecule has 2 rings (SSSR count). The molecule has 108 valence electrons. The summed E-state index contributed by atoms with van der Waals surface area (Å²) < 4.78 is 11.0. The molecule has 0 saturated heterocycles. The summed E-state index contributed by atoms with van der Waals surface area (Å²) >= 11 is 1.94. The van der Waals surface area contributed by atoms with E-state index in [2.05, 4.69) is 12.2 Å². The van der Waals surface area contributed by atoms with E-state index >= 15 is 0 Å². The SMILES string of the molecule is CC1CSC2=C1C(CNC(=O)OC(C)(C)C)OCC2. The molecule has 5 heteroatoms. The van der Waals surface area contributed by atoms with E-state index in [4.69, 9.17) is 9.47 Å². The van der Waals surface area contributed by atoms with Crippen LogP contribution in [0.5, 0.6) is 0 Å². The Hall–Kier alpha value is -0.680. The minimum absolute atomic E-state index is 0.0151. The molecule has 1 amide bonds. The van der Waals surface area contributed by atoms with Crippen LogP contribution in [0, 0.1) is 5.92 Å². The minimum atomic E-state index is -0.460. The summed E-state index contributed by atoms with van der Waals surface area (Å²) in [7, 11) is 0. The van der Waals surface area contributed by atoms with Gasteiger partial charge in [0.1, 0.15) is 5.60 Å². The van der Waals surface area contributed by atoms with Gasteiger partial charge in [-0.25, -0.2) is 4.79 Å². The molecule has 2 aliphatic rings. The first-order valence-corrected chi connectivity index (χ1v) is 7.79. The minimum Gasteiger partial charge on any atom is -0.444 e. The fourth-order valence-corrected chi connectivity index (χ4v) is 3.79. The molecule has 1 N–H and O–H groups in total. The molecule has 2 atom stereocenters. The van der Waals surface area contributed by atoms with Crippen LogP contribution in [0.1, 0.15) is 34.1 Å². The molecule has 0 aliphatic carbocycles. The highest BCUT2D eigenvalue weighted by Crippen LogP contribution is 2.42. The lowest BCUT2D eigenvalue weighted by Crippen LogP contribution is -2.40. The zero-order valence-corrected chi connectivity index (χ0v) is 12.9. The lowest BCUT2D eigenvalue weighted by molar-refractivity contribution is 0.0395. The molecule has 19 heavy (non-hydrogen) atoms. The van der Waals surface area contributed by atoms with Gasteiger partial charge in [-0.15, -0.1) is 11.8 Å². The molecule has 2 unspecified atom stereocenters. The Morgan fingerprint density at radius 3 is 2.95 bits per heavy atom. The van der Waals surface area contributed by atoms with Crippen molar-refractivity contribution in [3.63, 3.8) is 0 Å². The monoisotopic (exact) mass is 285 g/mol. The Morgan fingerprint density at radius 2 is 2.26 bits per heavy atom. The summed E-state index contributed by atoms with van der Waals surface area (Å²) in [6.07, 6.45) is 0.663. The van der Waals surface area contributed by atoms with Crippen molar-refractivity contribution in [2.45, 2.75) is 45.8 Å². The van der Waals surface area contributed by atoms with E-state index in [1.807, 2.05) is 32.5 Å². The number of hydrogen-bond donors (Lipinski definition) is 1. The summed E-state index contributed by atoms with van der Waals surface area (Å²) in [5.74, 6) is 1.68. The summed E-state index contributed by atoms with van der Waals surface area (Å²) in [5, 5.41) is 2.81.